The SMILES string of the molecule is Cc1nc(C)n(-c2c(C)nn3c(-c4cc5c(cc4C)OCCO5)c(C)oc23)n1. The molecule has 0 radical (unpaired) electrons. The van der Waals surface area contributed by atoms with Gasteiger partial charge < -0.3 is 13.9 Å². The first-order valence-corrected chi connectivity index (χ1v) is 9.24. The van der Waals surface area contributed by atoms with E-state index in [0.717, 1.165) is 51.3 Å². The molecule has 0 saturated carbocycles. The van der Waals surface area contributed by atoms with Crippen molar-refractivity contribution in [1.82, 2.24) is 24.4 Å². The number of hydrogen-bond acceptors (Lipinski definition) is 6. The zero-order valence-electron chi connectivity index (χ0n) is 16.5. The molecule has 28 heavy (non-hydrogen) atoms. The van der Waals surface area contributed by atoms with E-state index in [2.05, 4.69) is 10.1 Å². The van der Waals surface area contributed by atoms with Crippen molar-refractivity contribution in [3.05, 3.63) is 40.8 Å². The molecule has 1 aliphatic rings. The van der Waals surface area contributed by atoms with Crippen molar-refractivity contribution in [2.45, 2.75) is 34.6 Å². The number of fused-ring (bicyclic) bond motifs is 2. The summed E-state index contributed by atoms with van der Waals surface area (Å²) in [5, 5.41) is 9.26. The van der Waals surface area contributed by atoms with Gasteiger partial charge in [-0.2, -0.15) is 14.7 Å². The Kier molecular flexibility index (Phi) is 3.52. The van der Waals surface area contributed by atoms with Gasteiger partial charge in [-0.25, -0.2) is 9.67 Å². The Hall–Kier alpha value is -3.29. The predicted octanol–water partition coefficient (Wildman–Crippen LogP) is 3.49. The number of benzene rings is 1. The number of aromatic nitrogens is 5. The third kappa shape index (κ3) is 2.33. The summed E-state index contributed by atoms with van der Waals surface area (Å²) in [5.41, 5.74) is 5.24. The van der Waals surface area contributed by atoms with E-state index in [0.29, 0.717) is 24.8 Å². The molecule has 0 unspecified atom stereocenters. The second-order valence-corrected chi connectivity index (χ2v) is 7.09. The van der Waals surface area contributed by atoms with Crippen LogP contribution in [-0.4, -0.2) is 37.6 Å². The molecule has 1 aliphatic heterocycles. The largest absolute Gasteiger partial charge is 0.486 e. The Morgan fingerprint density at radius 2 is 1.64 bits per heavy atom. The summed E-state index contributed by atoms with van der Waals surface area (Å²) >= 11 is 0. The van der Waals surface area contributed by atoms with E-state index in [1.54, 1.807) is 4.68 Å². The first-order chi connectivity index (χ1) is 13.4. The van der Waals surface area contributed by atoms with Crippen molar-refractivity contribution in [2.75, 3.05) is 13.2 Å². The molecule has 144 valence electrons. The lowest BCUT2D eigenvalue weighted by Gasteiger charge is -2.20. The summed E-state index contributed by atoms with van der Waals surface area (Å²) in [6.45, 7) is 10.9. The molecule has 0 N–H and O–H groups in total. The fourth-order valence-electron chi connectivity index (χ4n) is 3.81. The van der Waals surface area contributed by atoms with E-state index >= 15 is 0 Å². The minimum absolute atomic E-state index is 0.547. The summed E-state index contributed by atoms with van der Waals surface area (Å²) in [6.07, 6.45) is 0. The first-order valence-electron chi connectivity index (χ1n) is 9.24. The highest BCUT2D eigenvalue weighted by atomic mass is 16.6. The van der Waals surface area contributed by atoms with Crippen molar-refractivity contribution in [1.29, 1.82) is 0 Å². The number of rotatable bonds is 2. The Labute approximate surface area is 161 Å². The van der Waals surface area contributed by atoms with Gasteiger partial charge in [-0.3, -0.25) is 0 Å². The molecule has 5 rings (SSSR count). The normalized spacial score (nSPS) is 13.5. The van der Waals surface area contributed by atoms with Crippen LogP contribution >= 0.6 is 0 Å². The lowest BCUT2D eigenvalue weighted by Crippen LogP contribution is -2.15. The summed E-state index contributed by atoms with van der Waals surface area (Å²) in [5.74, 6) is 3.80. The van der Waals surface area contributed by atoms with Crippen molar-refractivity contribution < 1.29 is 13.9 Å². The van der Waals surface area contributed by atoms with Crippen molar-refractivity contribution in [3.63, 3.8) is 0 Å². The quantitative estimate of drug-likeness (QED) is 0.530. The van der Waals surface area contributed by atoms with Crippen LogP contribution in [-0.2, 0) is 0 Å². The highest BCUT2D eigenvalue weighted by Crippen LogP contribution is 2.40. The fourth-order valence-corrected chi connectivity index (χ4v) is 3.81. The maximum atomic E-state index is 6.16. The molecule has 0 bridgehead atoms. The topological polar surface area (TPSA) is 79.6 Å². The van der Waals surface area contributed by atoms with Crippen LogP contribution < -0.4 is 9.47 Å². The number of nitrogens with zero attached hydrogens (tertiary/aromatic N) is 5. The van der Waals surface area contributed by atoms with Gasteiger partial charge in [-0.1, -0.05) is 0 Å². The van der Waals surface area contributed by atoms with Crippen LogP contribution in [0.4, 0.5) is 0 Å². The van der Waals surface area contributed by atoms with Gasteiger partial charge in [0.1, 0.15) is 36.3 Å². The Morgan fingerprint density at radius 1 is 0.929 bits per heavy atom. The van der Waals surface area contributed by atoms with E-state index in [1.807, 2.05) is 51.3 Å². The minimum atomic E-state index is 0.547. The van der Waals surface area contributed by atoms with E-state index in [1.165, 1.54) is 0 Å². The maximum Gasteiger partial charge on any atom is 0.249 e. The fraction of sp³-hybridized carbons (Fsp3) is 0.350. The van der Waals surface area contributed by atoms with E-state index in [9.17, 15) is 0 Å². The third-order valence-electron chi connectivity index (χ3n) is 5.01. The molecule has 8 nitrogen and oxygen atoms in total. The zero-order chi connectivity index (χ0) is 19.6. The molecular weight excluding hydrogens is 358 g/mol. The summed E-state index contributed by atoms with van der Waals surface area (Å²) in [4.78, 5) is 4.41. The van der Waals surface area contributed by atoms with Gasteiger partial charge in [-0.05, 0) is 52.3 Å². The van der Waals surface area contributed by atoms with Gasteiger partial charge in [0.2, 0.25) is 5.71 Å². The molecule has 0 fully saturated rings. The molecule has 0 aliphatic carbocycles. The van der Waals surface area contributed by atoms with Gasteiger partial charge in [0, 0.05) is 5.56 Å². The zero-order valence-corrected chi connectivity index (χ0v) is 16.5. The van der Waals surface area contributed by atoms with Gasteiger partial charge in [-0.15, -0.1) is 0 Å². The predicted molar refractivity (Wildman–Crippen MR) is 102 cm³/mol. The van der Waals surface area contributed by atoms with E-state index in [-0.39, 0.29) is 0 Å². The van der Waals surface area contributed by atoms with Crippen molar-refractivity contribution in [2.24, 2.45) is 0 Å². The van der Waals surface area contributed by atoms with E-state index < -0.39 is 0 Å². The lowest BCUT2D eigenvalue weighted by molar-refractivity contribution is 0.171. The third-order valence-corrected chi connectivity index (χ3v) is 5.01. The Morgan fingerprint density at radius 3 is 2.32 bits per heavy atom. The molecular formula is C20H21N5O3. The van der Waals surface area contributed by atoms with Gasteiger partial charge in [0.25, 0.3) is 0 Å². The second kappa shape index (κ2) is 5.85. The smallest absolute Gasteiger partial charge is 0.249 e. The van der Waals surface area contributed by atoms with Gasteiger partial charge >= 0.3 is 0 Å². The maximum absolute atomic E-state index is 6.16. The number of ether oxygens (including phenoxy) is 2. The average molecular weight is 379 g/mol. The Balaban J connectivity index is 1.75. The van der Waals surface area contributed by atoms with Crippen molar-refractivity contribution in [3.8, 4) is 28.4 Å². The van der Waals surface area contributed by atoms with Crippen LogP contribution in [0.1, 0.15) is 28.7 Å². The monoisotopic (exact) mass is 379 g/mol. The molecule has 3 aromatic heterocycles. The van der Waals surface area contributed by atoms with Crippen LogP contribution in [0.25, 0.3) is 22.7 Å². The standard InChI is InChI=1S/C20H21N5O3/c1-10-8-16-17(27-7-6-26-16)9-15(10)19-12(3)28-20-18(11(2)22-25(19)20)24-14(5)21-13(4)23-24/h8-9H,6-7H2,1-5H3. The van der Waals surface area contributed by atoms with Gasteiger partial charge in [0.05, 0.1) is 5.69 Å². The van der Waals surface area contributed by atoms with Crippen molar-refractivity contribution >= 4 is 5.71 Å². The highest BCUT2D eigenvalue weighted by molar-refractivity contribution is 5.74. The molecule has 4 heterocycles. The molecule has 4 aromatic rings. The highest BCUT2D eigenvalue weighted by Gasteiger charge is 2.25. The van der Waals surface area contributed by atoms with Crippen LogP contribution in [0.5, 0.6) is 11.5 Å². The summed E-state index contributed by atoms with van der Waals surface area (Å²) < 4.78 is 21.3. The second-order valence-electron chi connectivity index (χ2n) is 7.09. The minimum Gasteiger partial charge on any atom is -0.486 e. The van der Waals surface area contributed by atoms with Crippen LogP contribution in [0.15, 0.2) is 16.5 Å². The van der Waals surface area contributed by atoms with Gasteiger partial charge in [0.15, 0.2) is 17.2 Å². The Bertz CT molecular complexity index is 1230. The molecule has 0 saturated heterocycles. The lowest BCUT2D eigenvalue weighted by atomic mass is 10.0. The first kappa shape index (κ1) is 16.9. The molecule has 0 amide bonds. The molecule has 0 spiro atoms. The summed E-state index contributed by atoms with van der Waals surface area (Å²) in [6, 6.07) is 4.01. The van der Waals surface area contributed by atoms with Crippen LogP contribution in [0, 0.1) is 34.6 Å². The van der Waals surface area contributed by atoms with E-state index in [4.69, 9.17) is 19.0 Å². The van der Waals surface area contributed by atoms with Crippen LogP contribution in [0.2, 0.25) is 0 Å². The number of oxazole rings is 1. The molecule has 0 atom stereocenters. The number of hydrogen-bond donors (Lipinski definition) is 0. The molecule has 8 heteroatoms. The molecule has 1 aromatic carbocycles. The summed E-state index contributed by atoms with van der Waals surface area (Å²) in [7, 11) is 0. The van der Waals surface area contributed by atoms with Crippen LogP contribution in [0.3, 0.4) is 0 Å². The average Bonchev–Trinajstić information content (AvgIpc) is 3.24. The number of aryl methyl sites for hydroxylation is 5.